The SMILES string of the molecule is O=C(COc1ccc(Cl)cc1)NCC(c1ccccc1)C1CCCCC1. The largest absolute Gasteiger partial charge is 0.484 e. The van der Waals surface area contributed by atoms with Crippen LogP contribution in [0, 0.1) is 5.92 Å². The zero-order valence-corrected chi connectivity index (χ0v) is 15.8. The minimum atomic E-state index is -0.0864. The van der Waals surface area contributed by atoms with Gasteiger partial charge in [-0.25, -0.2) is 0 Å². The molecule has 1 amide bonds. The number of amides is 1. The second-order valence-electron chi connectivity index (χ2n) is 6.96. The van der Waals surface area contributed by atoms with Crippen LogP contribution in [0.3, 0.4) is 0 Å². The minimum Gasteiger partial charge on any atom is -0.484 e. The van der Waals surface area contributed by atoms with Crippen molar-refractivity contribution < 1.29 is 9.53 Å². The van der Waals surface area contributed by atoms with Gasteiger partial charge < -0.3 is 10.1 Å². The average molecular weight is 372 g/mol. The molecular formula is C22H26ClNO2. The Labute approximate surface area is 160 Å². The lowest BCUT2D eigenvalue weighted by molar-refractivity contribution is -0.123. The van der Waals surface area contributed by atoms with Crippen LogP contribution in [0.25, 0.3) is 0 Å². The summed E-state index contributed by atoms with van der Waals surface area (Å²) in [5.74, 6) is 1.58. The van der Waals surface area contributed by atoms with Crippen LogP contribution in [-0.2, 0) is 4.79 Å². The molecule has 0 radical (unpaired) electrons. The molecule has 0 spiro atoms. The van der Waals surface area contributed by atoms with Gasteiger partial charge in [0.25, 0.3) is 5.91 Å². The summed E-state index contributed by atoms with van der Waals surface area (Å²) in [6.07, 6.45) is 6.41. The number of rotatable bonds is 7. The molecule has 0 heterocycles. The van der Waals surface area contributed by atoms with E-state index in [0.717, 1.165) is 0 Å². The molecule has 1 aliphatic carbocycles. The molecule has 1 atom stereocenters. The van der Waals surface area contributed by atoms with Crippen molar-refractivity contribution in [3.63, 3.8) is 0 Å². The van der Waals surface area contributed by atoms with Crippen LogP contribution < -0.4 is 10.1 Å². The van der Waals surface area contributed by atoms with Crippen molar-refractivity contribution in [1.29, 1.82) is 0 Å². The van der Waals surface area contributed by atoms with E-state index in [2.05, 4.69) is 29.6 Å². The van der Waals surface area contributed by atoms with E-state index < -0.39 is 0 Å². The molecule has 26 heavy (non-hydrogen) atoms. The lowest BCUT2D eigenvalue weighted by atomic mass is 9.77. The van der Waals surface area contributed by atoms with Gasteiger partial charge in [0.1, 0.15) is 5.75 Å². The number of carbonyl (C=O) groups is 1. The smallest absolute Gasteiger partial charge is 0.257 e. The summed E-state index contributed by atoms with van der Waals surface area (Å²) in [5.41, 5.74) is 1.32. The molecule has 0 bridgehead atoms. The van der Waals surface area contributed by atoms with E-state index in [1.54, 1.807) is 24.3 Å². The molecule has 2 aromatic carbocycles. The fraction of sp³-hybridized carbons (Fsp3) is 0.409. The first-order valence-corrected chi connectivity index (χ1v) is 9.80. The normalized spacial score (nSPS) is 16.0. The number of hydrogen-bond acceptors (Lipinski definition) is 2. The molecule has 3 rings (SSSR count). The van der Waals surface area contributed by atoms with Crippen molar-refractivity contribution in [2.45, 2.75) is 38.0 Å². The van der Waals surface area contributed by atoms with Crippen LogP contribution in [0.15, 0.2) is 54.6 Å². The van der Waals surface area contributed by atoms with Gasteiger partial charge >= 0.3 is 0 Å². The molecule has 2 aromatic rings. The highest BCUT2D eigenvalue weighted by atomic mass is 35.5. The van der Waals surface area contributed by atoms with E-state index in [9.17, 15) is 4.79 Å². The topological polar surface area (TPSA) is 38.3 Å². The second-order valence-corrected chi connectivity index (χ2v) is 7.40. The molecule has 1 saturated carbocycles. The van der Waals surface area contributed by atoms with Crippen LogP contribution in [0.5, 0.6) is 5.75 Å². The third-order valence-electron chi connectivity index (χ3n) is 5.15. The van der Waals surface area contributed by atoms with Gasteiger partial charge in [-0.15, -0.1) is 0 Å². The molecule has 0 aliphatic heterocycles. The van der Waals surface area contributed by atoms with Crippen molar-refractivity contribution in [1.82, 2.24) is 5.32 Å². The monoisotopic (exact) mass is 371 g/mol. The fourth-order valence-electron chi connectivity index (χ4n) is 3.75. The predicted molar refractivity (Wildman–Crippen MR) is 106 cm³/mol. The maximum absolute atomic E-state index is 12.2. The first kappa shape index (κ1) is 18.8. The molecule has 3 nitrogen and oxygen atoms in total. The molecule has 1 fully saturated rings. The van der Waals surface area contributed by atoms with Gasteiger partial charge in [-0.3, -0.25) is 4.79 Å². The lowest BCUT2D eigenvalue weighted by Crippen LogP contribution is -2.35. The Morgan fingerprint density at radius 2 is 1.73 bits per heavy atom. The summed E-state index contributed by atoms with van der Waals surface area (Å²) in [7, 11) is 0. The Balaban J connectivity index is 1.54. The van der Waals surface area contributed by atoms with Gasteiger partial charge in [0.2, 0.25) is 0 Å². The number of benzene rings is 2. The Morgan fingerprint density at radius 3 is 2.42 bits per heavy atom. The number of nitrogens with one attached hydrogen (secondary N) is 1. The molecule has 138 valence electrons. The van der Waals surface area contributed by atoms with Gasteiger partial charge in [0, 0.05) is 17.5 Å². The molecular weight excluding hydrogens is 346 g/mol. The quantitative estimate of drug-likeness (QED) is 0.726. The van der Waals surface area contributed by atoms with E-state index in [4.69, 9.17) is 16.3 Å². The molecule has 1 aliphatic rings. The van der Waals surface area contributed by atoms with Crippen molar-refractivity contribution in [3.05, 3.63) is 65.2 Å². The molecule has 0 saturated heterocycles. The Hall–Kier alpha value is -2.00. The lowest BCUT2D eigenvalue weighted by Gasteiger charge is -2.31. The van der Waals surface area contributed by atoms with Crippen LogP contribution in [0.1, 0.15) is 43.6 Å². The summed E-state index contributed by atoms with van der Waals surface area (Å²) in [4.78, 5) is 12.2. The summed E-state index contributed by atoms with van der Waals surface area (Å²) in [6.45, 7) is 0.686. The highest BCUT2D eigenvalue weighted by Gasteiger charge is 2.25. The Kier molecular flexibility index (Phi) is 6.96. The van der Waals surface area contributed by atoms with E-state index in [1.165, 1.54) is 37.7 Å². The van der Waals surface area contributed by atoms with Crippen LogP contribution in [0.4, 0.5) is 0 Å². The van der Waals surface area contributed by atoms with E-state index in [0.29, 0.717) is 29.2 Å². The molecule has 1 unspecified atom stereocenters. The van der Waals surface area contributed by atoms with Gasteiger partial charge in [0.15, 0.2) is 6.61 Å². The summed E-state index contributed by atoms with van der Waals surface area (Å²) >= 11 is 5.86. The zero-order chi connectivity index (χ0) is 18.2. The summed E-state index contributed by atoms with van der Waals surface area (Å²) in [5, 5.41) is 3.72. The van der Waals surface area contributed by atoms with Gasteiger partial charge in [0.05, 0.1) is 0 Å². The number of ether oxygens (including phenoxy) is 1. The standard InChI is InChI=1S/C22H26ClNO2/c23-19-11-13-20(14-12-19)26-16-22(25)24-15-21(17-7-3-1-4-8-17)18-9-5-2-6-10-18/h1,3-4,7-8,11-14,18,21H,2,5-6,9-10,15-16H2,(H,24,25). The van der Waals surface area contributed by atoms with Crippen molar-refractivity contribution in [3.8, 4) is 5.75 Å². The van der Waals surface area contributed by atoms with Crippen LogP contribution in [-0.4, -0.2) is 19.1 Å². The third-order valence-corrected chi connectivity index (χ3v) is 5.40. The fourth-order valence-corrected chi connectivity index (χ4v) is 3.87. The minimum absolute atomic E-state index is 0.0216. The highest BCUT2D eigenvalue weighted by Crippen LogP contribution is 2.35. The predicted octanol–water partition coefficient (Wildman–Crippen LogP) is 5.20. The Bertz CT molecular complexity index is 681. The highest BCUT2D eigenvalue weighted by molar-refractivity contribution is 6.30. The first-order valence-electron chi connectivity index (χ1n) is 9.42. The van der Waals surface area contributed by atoms with Crippen molar-refractivity contribution in [2.75, 3.05) is 13.2 Å². The van der Waals surface area contributed by atoms with Crippen LogP contribution >= 0.6 is 11.6 Å². The number of hydrogen-bond donors (Lipinski definition) is 1. The van der Waals surface area contributed by atoms with Crippen molar-refractivity contribution in [2.24, 2.45) is 5.92 Å². The Morgan fingerprint density at radius 1 is 1.04 bits per heavy atom. The van der Waals surface area contributed by atoms with E-state index in [1.807, 2.05) is 6.07 Å². The zero-order valence-electron chi connectivity index (χ0n) is 15.0. The van der Waals surface area contributed by atoms with Gasteiger partial charge in [-0.1, -0.05) is 61.2 Å². The third kappa shape index (κ3) is 5.50. The van der Waals surface area contributed by atoms with E-state index in [-0.39, 0.29) is 12.5 Å². The van der Waals surface area contributed by atoms with Gasteiger partial charge in [-0.05, 0) is 48.6 Å². The number of halogens is 1. The summed E-state index contributed by atoms with van der Waals surface area (Å²) < 4.78 is 5.54. The molecule has 4 heteroatoms. The first-order chi connectivity index (χ1) is 12.7. The maximum Gasteiger partial charge on any atom is 0.257 e. The summed E-state index contributed by atoms with van der Waals surface area (Å²) in [6, 6.07) is 17.6. The van der Waals surface area contributed by atoms with Gasteiger partial charge in [-0.2, -0.15) is 0 Å². The van der Waals surface area contributed by atoms with E-state index >= 15 is 0 Å². The second kappa shape index (κ2) is 9.63. The van der Waals surface area contributed by atoms with Crippen LogP contribution in [0.2, 0.25) is 5.02 Å². The maximum atomic E-state index is 12.2. The van der Waals surface area contributed by atoms with Crippen molar-refractivity contribution >= 4 is 17.5 Å². The molecule has 0 aromatic heterocycles. The average Bonchev–Trinajstić information content (AvgIpc) is 2.69. The molecule has 1 N–H and O–H groups in total. The number of carbonyl (C=O) groups excluding carboxylic acids is 1.